The third kappa shape index (κ3) is 4.05. The van der Waals surface area contributed by atoms with E-state index in [0.717, 1.165) is 17.5 Å². The van der Waals surface area contributed by atoms with Gasteiger partial charge in [0, 0.05) is 5.02 Å². The number of halogens is 2. The second-order valence-electron chi connectivity index (χ2n) is 5.23. The lowest BCUT2D eigenvalue weighted by molar-refractivity contribution is 0.623. The molecule has 2 aromatic carbocycles. The fourth-order valence-electron chi connectivity index (χ4n) is 2.49. The van der Waals surface area contributed by atoms with E-state index in [-0.39, 0.29) is 11.9 Å². The average molecular weight is 306 g/mol. The fourth-order valence-corrected chi connectivity index (χ4v) is 2.77. The van der Waals surface area contributed by atoms with E-state index >= 15 is 0 Å². The Kier molecular flexibility index (Phi) is 5.77. The van der Waals surface area contributed by atoms with E-state index in [2.05, 4.69) is 36.5 Å². The molecule has 0 aliphatic heterocycles. The van der Waals surface area contributed by atoms with Crippen molar-refractivity contribution >= 4 is 11.6 Å². The first-order valence-electron chi connectivity index (χ1n) is 7.36. The largest absolute Gasteiger partial charge is 0.309 e. The van der Waals surface area contributed by atoms with Gasteiger partial charge < -0.3 is 5.32 Å². The Morgan fingerprint density at radius 2 is 1.86 bits per heavy atom. The molecule has 0 aromatic heterocycles. The first kappa shape index (κ1) is 16.0. The van der Waals surface area contributed by atoms with Crippen LogP contribution in [0.2, 0.25) is 5.02 Å². The standard InChI is InChI=1S/C18H21ClFN/c1-3-4-5-13-6-8-14(9-7-13)18(21-2)16-11-10-15(20)12-17(16)19/h6-12,18,21H,3-5H2,1-2H3. The number of rotatable bonds is 6. The van der Waals surface area contributed by atoms with Gasteiger partial charge in [0.25, 0.3) is 0 Å². The Labute approximate surface area is 131 Å². The minimum atomic E-state index is -0.312. The third-order valence-corrected chi connectivity index (χ3v) is 4.02. The molecule has 21 heavy (non-hydrogen) atoms. The van der Waals surface area contributed by atoms with Crippen LogP contribution in [0.15, 0.2) is 42.5 Å². The van der Waals surface area contributed by atoms with E-state index in [4.69, 9.17) is 11.6 Å². The van der Waals surface area contributed by atoms with Crippen molar-refractivity contribution in [3.05, 3.63) is 70.0 Å². The minimum Gasteiger partial charge on any atom is -0.309 e. The highest BCUT2D eigenvalue weighted by molar-refractivity contribution is 6.31. The smallest absolute Gasteiger partial charge is 0.124 e. The highest BCUT2D eigenvalue weighted by Gasteiger charge is 2.15. The van der Waals surface area contributed by atoms with Gasteiger partial charge in [0.2, 0.25) is 0 Å². The highest BCUT2D eigenvalue weighted by atomic mass is 35.5. The van der Waals surface area contributed by atoms with Crippen molar-refractivity contribution in [2.75, 3.05) is 7.05 Å². The summed E-state index contributed by atoms with van der Waals surface area (Å²) in [6, 6.07) is 13.1. The maximum atomic E-state index is 13.2. The molecule has 2 rings (SSSR count). The van der Waals surface area contributed by atoms with Crippen LogP contribution >= 0.6 is 11.6 Å². The Bertz CT molecular complexity index is 580. The van der Waals surface area contributed by atoms with Crippen molar-refractivity contribution in [3.63, 3.8) is 0 Å². The lowest BCUT2D eigenvalue weighted by atomic mass is 9.97. The molecule has 0 spiro atoms. The van der Waals surface area contributed by atoms with Crippen LogP contribution in [0.1, 0.15) is 42.5 Å². The zero-order valence-electron chi connectivity index (χ0n) is 12.5. The first-order valence-corrected chi connectivity index (χ1v) is 7.74. The summed E-state index contributed by atoms with van der Waals surface area (Å²) in [5, 5.41) is 3.70. The topological polar surface area (TPSA) is 12.0 Å². The average Bonchev–Trinajstić information content (AvgIpc) is 2.49. The predicted octanol–water partition coefficient (Wildman–Crippen LogP) is 5.13. The Morgan fingerprint density at radius 3 is 2.43 bits per heavy atom. The Balaban J connectivity index is 2.24. The van der Waals surface area contributed by atoms with Crippen molar-refractivity contribution in [2.45, 2.75) is 32.2 Å². The molecule has 0 fully saturated rings. The number of aryl methyl sites for hydroxylation is 1. The van der Waals surface area contributed by atoms with Gasteiger partial charge in [0.1, 0.15) is 5.82 Å². The van der Waals surface area contributed by atoms with Crippen LogP contribution in [-0.2, 0) is 6.42 Å². The molecular weight excluding hydrogens is 285 g/mol. The van der Waals surface area contributed by atoms with Gasteiger partial charge in [-0.2, -0.15) is 0 Å². The highest BCUT2D eigenvalue weighted by Crippen LogP contribution is 2.29. The van der Waals surface area contributed by atoms with Crippen LogP contribution < -0.4 is 5.32 Å². The monoisotopic (exact) mass is 305 g/mol. The summed E-state index contributed by atoms with van der Waals surface area (Å²) in [6.45, 7) is 2.20. The van der Waals surface area contributed by atoms with E-state index in [1.165, 1.54) is 30.5 Å². The number of unbranched alkanes of at least 4 members (excludes halogenated alkanes) is 1. The number of benzene rings is 2. The van der Waals surface area contributed by atoms with E-state index in [1.807, 2.05) is 7.05 Å². The van der Waals surface area contributed by atoms with Gasteiger partial charge in [-0.3, -0.25) is 0 Å². The van der Waals surface area contributed by atoms with Crippen molar-refractivity contribution < 1.29 is 4.39 Å². The van der Waals surface area contributed by atoms with Gasteiger partial charge in [-0.15, -0.1) is 0 Å². The summed E-state index contributed by atoms with van der Waals surface area (Å²) < 4.78 is 13.2. The van der Waals surface area contributed by atoms with Gasteiger partial charge in [-0.05, 0) is 48.7 Å². The van der Waals surface area contributed by atoms with Crippen molar-refractivity contribution in [3.8, 4) is 0 Å². The second-order valence-corrected chi connectivity index (χ2v) is 5.64. The molecule has 1 atom stereocenters. The third-order valence-electron chi connectivity index (χ3n) is 3.69. The molecule has 0 aliphatic rings. The van der Waals surface area contributed by atoms with Crippen molar-refractivity contribution in [1.29, 1.82) is 0 Å². The molecule has 0 aliphatic carbocycles. The van der Waals surface area contributed by atoms with Gasteiger partial charge in [0.15, 0.2) is 0 Å². The Hall–Kier alpha value is -1.38. The molecule has 0 bridgehead atoms. The lowest BCUT2D eigenvalue weighted by Gasteiger charge is -2.19. The number of nitrogens with one attached hydrogen (secondary N) is 1. The molecule has 0 amide bonds. The van der Waals surface area contributed by atoms with Crippen LogP contribution in [0.4, 0.5) is 4.39 Å². The van der Waals surface area contributed by atoms with Crippen molar-refractivity contribution in [2.24, 2.45) is 0 Å². The SMILES string of the molecule is CCCCc1ccc(C(NC)c2ccc(F)cc2Cl)cc1. The van der Waals surface area contributed by atoms with Gasteiger partial charge >= 0.3 is 0 Å². The summed E-state index contributed by atoms with van der Waals surface area (Å²) in [7, 11) is 1.88. The molecule has 0 radical (unpaired) electrons. The summed E-state index contributed by atoms with van der Waals surface area (Å²) in [5.41, 5.74) is 3.37. The molecule has 1 unspecified atom stereocenters. The summed E-state index contributed by atoms with van der Waals surface area (Å²) in [4.78, 5) is 0. The zero-order valence-corrected chi connectivity index (χ0v) is 13.3. The summed E-state index contributed by atoms with van der Waals surface area (Å²) >= 11 is 6.17. The first-order chi connectivity index (χ1) is 10.2. The maximum absolute atomic E-state index is 13.2. The van der Waals surface area contributed by atoms with Crippen LogP contribution in [0.3, 0.4) is 0 Å². The van der Waals surface area contributed by atoms with Crippen LogP contribution in [0.5, 0.6) is 0 Å². The molecule has 1 nitrogen and oxygen atoms in total. The quantitative estimate of drug-likeness (QED) is 0.780. The number of hydrogen-bond acceptors (Lipinski definition) is 1. The van der Waals surface area contributed by atoms with E-state index in [9.17, 15) is 4.39 Å². The fraction of sp³-hybridized carbons (Fsp3) is 0.333. The molecule has 1 N–H and O–H groups in total. The van der Waals surface area contributed by atoms with Gasteiger partial charge in [0.05, 0.1) is 6.04 Å². The molecule has 112 valence electrons. The minimum absolute atomic E-state index is 0.0293. The Morgan fingerprint density at radius 1 is 1.14 bits per heavy atom. The molecule has 3 heteroatoms. The summed E-state index contributed by atoms with van der Waals surface area (Å²) in [6.07, 6.45) is 3.52. The van der Waals surface area contributed by atoms with E-state index < -0.39 is 0 Å². The molecule has 0 saturated heterocycles. The van der Waals surface area contributed by atoms with Crippen LogP contribution in [-0.4, -0.2) is 7.05 Å². The maximum Gasteiger partial charge on any atom is 0.124 e. The molecule has 2 aromatic rings. The van der Waals surface area contributed by atoms with Crippen LogP contribution in [0.25, 0.3) is 0 Å². The molecule has 0 saturated carbocycles. The van der Waals surface area contributed by atoms with E-state index in [1.54, 1.807) is 6.07 Å². The predicted molar refractivity (Wildman–Crippen MR) is 87.4 cm³/mol. The molecular formula is C18H21ClFN. The zero-order chi connectivity index (χ0) is 15.2. The molecule has 0 heterocycles. The van der Waals surface area contributed by atoms with Gasteiger partial charge in [-0.1, -0.05) is 55.3 Å². The number of hydrogen-bond donors (Lipinski definition) is 1. The normalized spacial score (nSPS) is 12.4. The van der Waals surface area contributed by atoms with Crippen LogP contribution in [0, 0.1) is 5.82 Å². The second kappa shape index (κ2) is 7.58. The summed E-state index contributed by atoms with van der Waals surface area (Å²) in [5.74, 6) is -0.312. The van der Waals surface area contributed by atoms with Gasteiger partial charge in [-0.25, -0.2) is 4.39 Å². The van der Waals surface area contributed by atoms with Crippen molar-refractivity contribution in [1.82, 2.24) is 5.32 Å². The van der Waals surface area contributed by atoms with E-state index in [0.29, 0.717) is 5.02 Å². The lowest BCUT2D eigenvalue weighted by Crippen LogP contribution is -2.18.